The molecule has 0 heterocycles. The van der Waals surface area contributed by atoms with E-state index in [-0.39, 0.29) is 0 Å². The first kappa shape index (κ1) is 16.9. The third-order valence-electron chi connectivity index (χ3n) is 2.59. The maximum atomic E-state index is 12.6. The number of nitrogens with zero attached hydrogens (tertiary/aromatic N) is 1. The molecule has 0 spiro atoms. The average molecular weight is 395 g/mol. The normalized spacial score (nSPS) is 12.6. The molecule has 0 unspecified atom stereocenters. The van der Waals surface area contributed by atoms with Gasteiger partial charge in [-0.25, -0.2) is 8.42 Å². The summed E-state index contributed by atoms with van der Waals surface area (Å²) in [7, 11) is -3.38. The number of hydrogen-bond donors (Lipinski definition) is 0. The molecule has 0 atom stereocenters. The predicted octanol–water partition coefficient (Wildman–Crippen LogP) is 3.59. The Morgan fingerprint density at radius 2 is 1.42 bits per heavy atom. The third-order valence-corrected chi connectivity index (χ3v) is 5.15. The first-order chi connectivity index (χ1) is 8.73. The van der Waals surface area contributed by atoms with Crippen LogP contribution in [0, 0.1) is 15.4 Å². The smallest absolute Gasteiger partial charge is 0.207 e. The van der Waals surface area contributed by atoms with Gasteiger partial charge in [0, 0.05) is 16.7 Å². The molecule has 0 N–H and O–H groups in total. The lowest BCUT2D eigenvalue weighted by Crippen LogP contribution is -2.37. The highest BCUT2D eigenvalue weighted by Crippen LogP contribution is 2.19. The van der Waals surface area contributed by atoms with Crippen molar-refractivity contribution in [3.05, 3.63) is 27.8 Å². The summed E-state index contributed by atoms with van der Waals surface area (Å²) in [6, 6.07) is 7.03. The molecule has 1 aromatic rings. The summed E-state index contributed by atoms with van der Waals surface area (Å²) >= 11 is 2.17. The highest BCUT2D eigenvalue weighted by molar-refractivity contribution is 14.1. The summed E-state index contributed by atoms with van der Waals surface area (Å²) in [5.41, 5.74) is 0. The fraction of sp³-hybridized carbons (Fsp3) is 0.571. The van der Waals surface area contributed by atoms with Gasteiger partial charge in [0.2, 0.25) is 10.0 Å². The number of sulfonamides is 1. The highest BCUT2D eigenvalue weighted by Gasteiger charge is 2.25. The van der Waals surface area contributed by atoms with Crippen LogP contribution in [0.1, 0.15) is 27.7 Å². The molecule has 5 heteroatoms. The molecule has 108 valence electrons. The molecule has 0 aliphatic heterocycles. The lowest BCUT2D eigenvalue weighted by molar-refractivity contribution is 0.333. The molecule has 0 aliphatic carbocycles. The van der Waals surface area contributed by atoms with Crippen LogP contribution in [0.5, 0.6) is 0 Å². The number of hydrogen-bond acceptors (Lipinski definition) is 2. The van der Waals surface area contributed by atoms with Crippen LogP contribution in [0.15, 0.2) is 29.2 Å². The second kappa shape index (κ2) is 7.04. The summed E-state index contributed by atoms with van der Waals surface area (Å²) in [6.07, 6.45) is 0. The van der Waals surface area contributed by atoms with E-state index >= 15 is 0 Å². The molecule has 0 radical (unpaired) electrons. The van der Waals surface area contributed by atoms with E-state index < -0.39 is 10.0 Å². The van der Waals surface area contributed by atoms with Crippen LogP contribution in [0.4, 0.5) is 0 Å². The van der Waals surface area contributed by atoms with Crippen LogP contribution in [-0.2, 0) is 10.0 Å². The minimum absolute atomic E-state index is 0.317. The standard InChI is InChI=1S/C14H22INO2S/c1-11(2)9-16(10-12(3)4)19(17,18)14-7-5-13(15)6-8-14/h5-8,11-12H,9-10H2,1-4H3. The van der Waals surface area contributed by atoms with Crippen LogP contribution in [0.3, 0.4) is 0 Å². The molecule has 3 nitrogen and oxygen atoms in total. The van der Waals surface area contributed by atoms with Gasteiger partial charge in [0.25, 0.3) is 0 Å². The highest BCUT2D eigenvalue weighted by atomic mass is 127. The van der Waals surface area contributed by atoms with Crippen LogP contribution in [0.2, 0.25) is 0 Å². The largest absolute Gasteiger partial charge is 0.243 e. The van der Waals surface area contributed by atoms with Crippen molar-refractivity contribution in [2.75, 3.05) is 13.1 Å². The minimum atomic E-state index is -3.38. The van der Waals surface area contributed by atoms with Gasteiger partial charge in [-0.3, -0.25) is 0 Å². The summed E-state index contributed by atoms with van der Waals surface area (Å²) in [4.78, 5) is 0.384. The molecule has 1 aromatic carbocycles. The van der Waals surface area contributed by atoms with Gasteiger partial charge in [-0.15, -0.1) is 0 Å². The predicted molar refractivity (Wildman–Crippen MR) is 87.6 cm³/mol. The first-order valence-corrected chi connectivity index (χ1v) is 9.01. The van der Waals surface area contributed by atoms with Gasteiger partial charge in [0.15, 0.2) is 0 Å². The lowest BCUT2D eigenvalue weighted by atomic mass is 10.2. The Bertz CT molecular complexity index is 485. The Balaban J connectivity index is 3.07. The van der Waals surface area contributed by atoms with Crippen molar-refractivity contribution in [1.29, 1.82) is 0 Å². The van der Waals surface area contributed by atoms with E-state index in [2.05, 4.69) is 22.6 Å². The number of halogens is 1. The second-order valence-corrected chi connectivity index (χ2v) is 8.75. The Kier molecular flexibility index (Phi) is 6.26. The first-order valence-electron chi connectivity index (χ1n) is 6.49. The van der Waals surface area contributed by atoms with Crippen LogP contribution < -0.4 is 0 Å². The van der Waals surface area contributed by atoms with Gasteiger partial charge in [-0.1, -0.05) is 27.7 Å². The van der Waals surface area contributed by atoms with E-state index in [4.69, 9.17) is 0 Å². The van der Waals surface area contributed by atoms with Crippen LogP contribution in [-0.4, -0.2) is 25.8 Å². The Morgan fingerprint density at radius 3 is 1.79 bits per heavy atom. The van der Waals surface area contributed by atoms with E-state index in [1.54, 1.807) is 16.4 Å². The molecular weight excluding hydrogens is 373 g/mol. The van der Waals surface area contributed by atoms with Gasteiger partial charge >= 0.3 is 0 Å². The zero-order valence-electron chi connectivity index (χ0n) is 11.9. The third kappa shape index (κ3) is 5.04. The van der Waals surface area contributed by atoms with E-state index in [0.29, 0.717) is 29.8 Å². The molecule has 1 rings (SSSR count). The van der Waals surface area contributed by atoms with Gasteiger partial charge in [-0.2, -0.15) is 4.31 Å². The molecule has 0 bridgehead atoms. The summed E-state index contributed by atoms with van der Waals surface area (Å²) in [6.45, 7) is 9.28. The molecule has 0 aromatic heterocycles. The van der Waals surface area contributed by atoms with E-state index in [9.17, 15) is 8.42 Å². The van der Waals surface area contributed by atoms with Crippen molar-refractivity contribution in [1.82, 2.24) is 4.31 Å². The van der Waals surface area contributed by atoms with Gasteiger partial charge in [-0.05, 0) is 58.7 Å². The van der Waals surface area contributed by atoms with Crippen molar-refractivity contribution in [2.24, 2.45) is 11.8 Å². The number of benzene rings is 1. The fourth-order valence-electron chi connectivity index (χ4n) is 1.84. The van der Waals surface area contributed by atoms with Crippen molar-refractivity contribution >= 4 is 32.6 Å². The maximum absolute atomic E-state index is 12.6. The van der Waals surface area contributed by atoms with Crippen molar-refractivity contribution in [3.8, 4) is 0 Å². The average Bonchev–Trinajstić information content (AvgIpc) is 2.27. The van der Waals surface area contributed by atoms with Crippen LogP contribution >= 0.6 is 22.6 Å². The van der Waals surface area contributed by atoms with Gasteiger partial charge in [0.05, 0.1) is 4.90 Å². The van der Waals surface area contributed by atoms with Crippen molar-refractivity contribution in [3.63, 3.8) is 0 Å². The quantitative estimate of drug-likeness (QED) is 0.691. The Labute approximate surface area is 130 Å². The zero-order valence-corrected chi connectivity index (χ0v) is 14.9. The molecule has 19 heavy (non-hydrogen) atoms. The number of rotatable bonds is 6. The topological polar surface area (TPSA) is 37.4 Å². The molecule has 0 fully saturated rings. The summed E-state index contributed by atoms with van der Waals surface area (Å²) < 4.78 is 27.9. The van der Waals surface area contributed by atoms with Gasteiger partial charge in [0.1, 0.15) is 0 Å². The summed E-state index contributed by atoms with van der Waals surface area (Å²) in [5, 5.41) is 0. The van der Waals surface area contributed by atoms with Crippen LogP contribution in [0.25, 0.3) is 0 Å². The Morgan fingerprint density at radius 1 is 1.00 bits per heavy atom. The van der Waals surface area contributed by atoms with Crippen molar-refractivity contribution in [2.45, 2.75) is 32.6 Å². The monoisotopic (exact) mass is 395 g/mol. The lowest BCUT2D eigenvalue weighted by Gasteiger charge is -2.25. The Hall–Kier alpha value is -0.140. The van der Waals surface area contributed by atoms with Crippen molar-refractivity contribution < 1.29 is 8.42 Å². The summed E-state index contributed by atoms with van der Waals surface area (Å²) in [5.74, 6) is 0.634. The molecule has 0 amide bonds. The molecular formula is C14H22INO2S. The van der Waals surface area contributed by atoms with E-state index in [0.717, 1.165) is 3.57 Å². The van der Waals surface area contributed by atoms with Gasteiger partial charge < -0.3 is 0 Å². The second-order valence-electron chi connectivity index (χ2n) is 5.56. The van der Waals surface area contributed by atoms with E-state index in [1.165, 1.54) is 0 Å². The molecule has 0 saturated carbocycles. The molecule has 0 saturated heterocycles. The minimum Gasteiger partial charge on any atom is -0.207 e. The zero-order chi connectivity index (χ0) is 14.6. The SMILES string of the molecule is CC(C)CN(CC(C)C)S(=O)(=O)c1ccc(I)cc1. The van der Waals surface area contributed by atoms with E-state index in [1.807, 2.05) is 39.8 Å². The maximum Gasteiger partial charge on any atom is 0.243 e. The molecule has 0 aliphatic rings. The fourth-order valence-corrected chi connectivity index (χ4v) is 3.97.